The molecular formula is C18H29FN2. The number of halogens is 1. The Labute approximate surface area is 128 Å². The summed E-state index contributed by atoms with van der Waals surface area (Å²) in [6.45, 7) is 11.6. The topological polar surface area (TPSA) is 15.3 Å². The number of piperidine rings is 1. The Morgan fingerprint density at radius 2 is 2.05 bits per heavy atom. The zero-order valence-corrected chi connectivity index (χ0v) is 13.8. The maximum absolute atomic E-state index is 14.5. The number of hydrogen-bond acceptors (Lipinski definition) is 2. The highest BCUT2D eigenvalue weighted by atomic mass is 19.1. The lowest BCUT2D eigenvalue weighted by Crippen LogP contribution is -2.46. The van der Waals surface area contributed by atoms with E-state index in [1.54, 1.807) is 6.07 Å². The van der Waals surface area contributed by atoms with E-state index >= 15 is 0 Å². The molecule has 118 valence electrons. The van der Waals surface area contributed by atoms with Crippen LogP contribution in [0.5, 0.6) is 0 Å². The van der Waals surface area contributed by atoms with Crippen molar-refractivity contribution in [1.82, 2.24) is 5.32 Å². The molecular weight excluding hydrogens is 263 g/mol. The summed E-state index contributed by atoms with van der Waals surface area (Å²) in [5, 5.41) is 3.40. The highest BCUT2D eigenvalue weighted by Crippen LogP contribution is 2.34. The molecule has 1 aromatic rings. The van der Waals surface area contributed by atoms with Crippen LogP contribution >= 0.6 is 0 Å². The minimum atomic E-state index is -0.0843. The quantitative estimate of drug-likeness (QED) is 0.818. The number of nitrogens with one attached hydrogen (secondary N) is 1. The number of anilines is 1. The fraction of sp³-hybridized carbons (Fsp3) is 0.667. The zero-order valence-electron chi connectivity index (χ0n) is 13.8. The number of hydrogen-bond donors (Lipinski definition) is 1. The van der Waals surface area contributed by atoms with Gasteiger partial charge in [-0.15, -0.1) is 0 Å². The molecule has 1 aliphatic rings. The molecule has 3 heteroatoms. The molecule has 1 N–H and O–H groups in total. The molecule has 1 aromatic carbocycles. The molecule has 0 saturated carbocycles. The van der Waals surface area contributed by atoms with Crippen LogP contribution in [0.4, 0.5) is 10.1 Å². The lowest BCUT2D eigenvalue weighted by atomic mass is 9.85. The molecule has 21 heavy (non-hydrogen) atoms. The van der Waals surface area contributed by atoms with Gasteiger partial charge in [0.2, 0.25) is 0 Å². The molecule has 0 spiro atoms. The Bertz CT molecular complexity index is 461. The third-order valence-corrected chi connectivity index (χ3v) is 4.70. The molecule has 0 aliphatic carbocycles. The Balaban J connectivity index is 2.28. The van der Waals surface area contributed by atoms with Crippen molar-refractivity contribution in [1.29, 1.82) is 0 Å². The molecule has 0 amide bonds. The molecule has 0 aromatic heterocycles. The largest absolute Gasteiger partial charge is 0.366 e. The summed E-state index contributed by atoms with van der Waals surface area (Å²) in [5.74, 6) is 1.14. The summed E-state index contributed by atoms with van der Waals surface area (Å²) >= 11 is 0. The number of benzene rings is 1. The summed E-state index contributed by atoms with van der Waals surface area (Å²) in [6, 6.07) is 5.86. The second-order valence-corrected chi connectivity index (χ2v) is 6.64. The number of para-hydroxylation sites is 1. The lowest BCUT2D eigenvalue weighted by molar-refractivity contribution is 0.294. The van der Waals surface area contributed by atoms with Gasteiger partial charge < -0.3 is 10.2 Å². The zero-order chi connectivity index (χ0) is 15.4. The van der Waals surface area contributed by atoms with Crippen LogP contribution in [0.2, 0.25) is 0 Å². The van der Waals surface area contributed by atoms with Crippen molar-refractivity contribution in [2.45, 2.75) is 53.1 Å². The van der Waals surface area contributed by atoms with Gasteiger partial charge in [0, 0.05) is 19.1 Å². The van der Waals surface area contributed by atoms with Crippen LogP contribution in [0.1, 0.15) is 46.1 Å². The van der Waals surface area contributed by atoms with Gasteiger partial charge in [-0.3, -0.25) is 0 Å². The van der Waals surface area contributed by atoms with Crippen LogP contribution in [0.3, 0.4) is 0 Å². The van der Waals surface area contributed by atoms with Gasteiger partial charge in [-0.1, -0.05) is 32.9 Å². The first-order chi connectivity index (χ1) is 10.0. The summed E-state index contributed by atoms with van der Waals surface area (Å²) in [5.41, 5.74) is 1.89. The van der Waals surface area contributed by atoms with E-state index in [0.29, 0.717) is 17.9 Å². The van der Waals surface area contributed by atoms with Gasteiger partial charge in [0.1, 0.15) is 5.82 Å². The predicted octanol–water partition coefficient (Wildman–Crippen LogP) is 4.20. The minimum Gasteiger partial charge on any atom is -0.366 e. The van der Waals surface area contributed by atoms with Gasteiger partial charge in [0.05, 0.1) is 5.69 Å². The molecule has 1 heterocycles. The van der Waals surface area contributed by atoms with E-state index in [0.717, 1.165) is 37.3 Å². The van der Waals surface area contributed by atoms with Crippen LogP contribution in [-0.2, 0) is 6.54 Å². The molecule has 3 unspecified atom stereocenters. The number of rotatable bonds is 5. The van der Waals surface area contributed by atoms with Gasteiger partial charge in [-0.2, -0.15) is 0 Å². The van der Waals surface area contributed by atoms with Gasteiger partial charge in [0.25, 0.3) is 0 Å². The van der Waals surface area contributed by atoms with E-state index < -0.39 is 0 Å². The highest BCUT2D eigenvalue weighted by Gasteiger charge is 2.31. The molecule has 3 atom stereocenters. The molecule has 1 saturated heterocycles. The van der Waals surface area contributed by atoms with Crippen molar-refractivity contribution >= 4 is 5.69 Å². The van der Waals surface area contributed by atoms with Gasteiger partial charge in [-0.05, 0) is 49.8 Å². The molecule has 1 aliphatic heterocycles. The number of nitrogens with zero attached hydrogens (tertiary/aromatic N) is 1. The fourth-order valence-corrected chi connectivity index (χ4v) is 3.43. The minimum absolute atomic E-state index is 0.0843. The molecule has 2 nitrogen and oxygen atoms in total. The molecule has 0 radical (unpaired) electrons. The SMILES string of the molecule is CCCNCc1cccc(F)c1N1CC(C)CC(C)C1C. The first-order valence-electron chi connectivity index (χ1n) is 8.29. The first kappa shape index (κ1) is 16.3. The van der Waals surface area contributed by atoms with Gasteiger partial charge >= 0.3 is 0 Å². The maximum atomic E-state index is 14.5. The van der Waals surface area contributed by atoms with E-state index in [9.17, 15) is 4.39 Å². The monoisotopic (exact) mass is 292 g/mol. The summed E-state index contributed by atoms with van der Waals surface area (Å²) in [7, 11) is 0. The first-order valence-corrected chi connectivity index (χ1v) is 8.29. The van der Waals surface area contributed by atoms with Crippen LogP contribution < -0.4 is 10.2 Å². The van der Waals surface area contributed by atoms with E-state index in [1.165, 1.54) is 6.42 Å². The Hall–Kier alpha value is -1.09. The predicted molar refractivity (Wildman–Crippen MR) is 88.2 cm³/mol. The molecule has 2 rings (SSSR count). The second kappa shape index (κ2) is 7.26. The van der Waals surface area contributed by atoms with Crippen LogP contribution in [0.15, 0.2) is 18.2 Å². The summed E-state index contributed by atoms with van der Waals surface area (Å²) < 4.78 is 14.5. The van der Waals surface area contributed by atoms with E-state index in [4.69, 9.17) is 0 Å². The van der Waals surface area contributed by atoms with E-state index in [2.05, 4.69) is 44.0 Å². The van der Waals surface area contributed by atoms with Crippen molar-refractivity contribution in [3.63, 3.8) is 0 Å². The van der Waals surface area contributed by atoms with Crippen molar-refractivity contribution in [2.75, 3.05) is 18.0 Å². The van der Waals surface area contributed by atoms with E-state index in [-0.39, 0.29) is 5.82 Å². The fourth-order valence-electron chi connectivity index (χ4n) is 3.43. The third-order valence-electron chi connectivity index (χ3n) is 4.70. The van der Waals surface area contributed by atoms with Gasteiger partial charge in [-0.25, -0.2) is 4.39 Å². The Morgan fingerprint density at radius 1 is 1.29 bits per heavy atom. The highest BCUT2D eigenvalue weighted by molar-refractivity contribution is 5.56. The second-order valence-electron chi connectivity index (χ2n) is 6.64. The Kier molecular flexibility index (Phi) is 5.63. The summed E-state index contributed by atoms with van der Waals surface area (Å²) in [6.07, 6.45) is 2.33. The van der Waals surface area contributed by atoms with Crippen LogP contribution in [0, 0.1) is 17.7 Å². The Morgan fingerprint density at radius 3 is 2.76 bits per heavy atom. The maximum Gasteiger partial charge on any atom is 0.146 e. The standard InChI is InChI=1S/C18H29FN2/c1-5-9-20-11-16-7-6-8-17(19)18(16)21-12-13(2)10-14(3)15(21)4/h6-8,13-15,20H,5,9-12H2,1-4H3. The van der Waals surface area contributed by atoms with Crippen molar-refractivity contribution in [2.24, 2.45) is 11.8 Å². The van der Waals surface area contributed by atoms with E-state index in [1.807, 2.05) is 6.07 Å². The smallest absolute Gasteiger partial charge is 0.146 e. The average Bonchev–Trinajstić information content (AvgIpc) is 2.44. The summed E-state index contributed by atoms with van der Waals surface area (Å²) in [4.78, 5) is 2.29. The van der Waals surface area contributed by atoms with Crippen molar-refractivity contribution < 1.29 is 4.39 Å². The van der Waals surface area contributed by atoms with Gasteiger partial charge in [0.15, 0.2) is 0 Å². The molecule has 1 fully saturated rings. The van der Waals surface area contributed by atoms with Crippen molar-refractivity contribution in [3.8, 4) is 0 Å². The third kappa shape index (κ3) is 3.76. The normalized spacial score (nSPS) is 26.1. The van der Waals surface area contributed by atoms with Crippen molar-refractivity contribution in [3.05, 3.63) is 29.6 Å². The van der Waals surface area contributed by atoms with Crippen LogP contribution in [0.25, 0.3) is 0 Å². The molecule has 0 bridgehead atoms. The van der Waals surface area contributed by atoms with Crippen LogP contribution in [-0.4, -0.2) is 19.1 Å². The lowest BCUT2D eigenvalue weighted by Gasteiger charge is -2.43. The average molecular weight is 292 g/mol.